The van der Waals surface area contributed by atoms with E-state index < -0.39 is 0 Å². The zero-order valence-corrected chi connectivity index (χ0v) is 19.4. The minimum absolute atomic E-state index is 0.0866. The highest BCUT2D eigenvalue weighted by Crippen LogP contribution is 2.46. The molecule has 172 valence electrons. The lowest BCUT2D eigenvalue weighted by atomic mass is 9.74. The zero-order valence-electron chi connectivity index (χ0n) is 19.4. The Morgan fingerprint density at radius 3 is 2.61 bits per heavy atom. The Balaban J connectivity index is 1.40. The molecule has 2 N–H and O–H groups in total. The second-order valence-corrected chi connectivity index (χ2v) is 8.92. The molecule has 1 aliphatic heterocycles. The molecule has 0 saturated heterocycles. The van der Waals surface area contributed by atoms with Crippen molar-refractivity contribution in [2.24, 2.45) is 5.92 Å². The number of ether oxygens (including phenoxy) is 1. The first kappa shape index (κ1) is 22.7. The Bertz CT molecular complexity index is 1090. The second-order valence-electron chi connectivity index (χ2n) is 8.92. The fraction of sp³-hybridized carbons (Fsp3) is 0.346. The Hall–Kier alpha value is -3.45. The first-order chi connectivity index (χ1) is 15.9. The minimum atomic E-state index is -0.378. The molecule has 0 atom stereocenters. The van der Waals surface area contributed by atoms with Crippen molar-refractivity contribution in [1.82, 2.24) is 10.2 Å². The largest absolute Gasteiger partial charge is 0.445 e. The van der Waals surface area contributed by atoms with Gasteiger partial charge in [-0.05, 0) is 50.6 Å². The predicted molar refractivity (Wildman–Crippen MR) is 130 cm³/mol. The van der Waals surface area contributed by atoms with Crippen molar-refractivity contribution in [3.8, 4) is 0 Å². The van der Waals surface area contributed by atoms with Gasteiger partial charge in [-0.1, -0.05) is 30.3 Å². The van der Waals surface area contributed by atoms with Crippen molar-refractivity contribution in [1.29, 1.82) is 0 Å². The maximum Gasteiger partial charge on any atom is 0.407 e. The van der Waals surface area contributed by atoms with Crippen LogP contribution in [-0.4, -0.2) is 54.4 Å². The number of rotatable bonds is 7. The average Bonchev–Trinajstić information content (AvgIpc) is 3.10. The van der Waals surface area contributed by atoms with Gasteiger partial charge >= 0.3 is 6.09 Å². The molecule has 2 amide bonds. The van der Waals surface area contributed by atoms with Gasteiger partial charge in [0.15, 0.2) is 12.4 Å². The molecular weight excluding hydrogens is 416 g/mol. The Kier molecular flexibility index (Phi) is 6.89. The first-order valence-electron chi connectivity index (χ1n) is 11.3. The van der Waals surface area contributed by atoms with Crippen LogP contribution in [-0.2, 0) is 16.1 Å². The number of anilines is 1. The third kappa shape index (κ3) is 5.68. The molecule has 0 aromatic heterocycles. The lowest BCUT2D eigenvalue weighted by molar-refractivity contribution is -0.351. The summed E-state index contributed by atoms with van der Waals surface area (Å²) < 4.78 is 7.52. The van der Waals surface area contributed by atoms with E-state index >= 15 is 0 Å². The minimum Gasteiger partial charge on any atom is -0.445 e. The molecule has 2 aliphatic rings. The van der Waals surface area contributed by atoms with E-state index in [2.05, 4.69) is 32.5 Å². The summed E-state index contributed by atoms with van der Waals surface area (Å²) in [5, 5.41) is 5.86. The number of allylic oxidation sites excluding steroid dienone is 1. The van der Waals surface area contributed by atoms with Crippen LogP contribution in [0.3, 0.4) is 0 Å². The monoisotopic (exact) mass is 447 g/mol. The van der Waals surface area contributed by atoms with Crippen molar-refractivity contribution in [3.63, 3.8) is 0 Å². The van der Waals surface area contributed by atoms with Crippen LogP contribution in [0.25, 0.3) is 5.57 Å². The summed E-state index contributed by atoms with van der Waals surface area (Å²) in [5.74, 6) is 0.255. The standard InChI is InChI=1S/C26H30N4O3/c1-18(31)27-21-9-10-25-23(15-21)24(16-30(25)12-11-29(2)3)20-13-22(14-20)28-26(32)33-17-19-7-5-4-6-8-19/h4-10,12,15-16,20,22H,11,13-14,17H2,1-3H3,(H-,27,28,31,32)/p+1/t20-,22-. The van der Waals surface area contributed by atoms with Crippen LogP contribution in [0.4, 0.5) is 16.2 Å². The molecule has 2 aromatic carbocycles. The van der Waals surface area contributed by atoms with Crippen molar-refractivity contribution >= 4 is 35.2 Å². The number of amides is 2. The summed E-state index contributed by atoms with van der Waals surface area (Å²) in [6.07, 6.45) is 5.67. The first-order valence-corrected chi connectivity index (χ1v) is 11.3. The Morgan fingerprint density at radius 1 is 1.15 bits per heavy atom. The number of hydrogen-bond donors (Lipinski definition) is 2. The summed E-state index contributed by atoms with van der Waals surface area (Å²) in [6, 6.07) is 15.8. The van der Waals surface area contributed by atoms with Gasteiger partial charge in [0.2, 0.25) is 11.6 Å². The van der Waals surface area contributed by atoms with E-state index in [0.717, 1.165) is 41.9 Å². The molecule has 0 bridgehead atoms. The number of benzene rings is 2. The molecule has 1 aliphatic carbocycles. The average molecular weight is 448 g/mol. The topological polar surface area (TPSA) is 73.7 Å². The van der Waals surface area contributed by atoms with Crippen LogP contribution in [0.2, 0.25) is 0 Å². The van der Waals surface area contributed by atoms with Gasteiger partial charge in [0.05, 0.1) is 12.1 Å². The van der Waals surface area contributed by atoms with Crippen LogP contribution >= 0.6 is 0 Å². The van der Waals surface area contributed by atoms with Gasteiger partial charge in [0.1, 0.15) is 6.61 Å². The third-order valence-electron chi connectivity index (χ3n) is 5.94. The Morgan fingerprint density at radius 2 is 1.91 bits per heavy atom. The third-order valence-corrected chi connectivity index (χ3v) is 5.94. The Labute approximate surface area is 194 Å². The van der Waals surface area contributed by atoms with Gasteiger partial charge in [-0.25, -0.2) is 4.79 Å². The van der Waals surface area contributed by atoms with E-state index in [9.17, 15) is 9.59 Å². The summed E-state index contributed by atoms with van der Waals surface area (Å²) in [6.45, 7) is 2.60. The second kappa shape index (κ2) is 10.0. The van der Waals surface area contributed by atoms with Crippen molar-refractivity contribution in [2.75, 3.05) is 26.0 Å². The van der Waals surface area contributed by atoms with Crippen LogP contribution in [0.5, 0.6) is 0 Å². The maximum atomic E-state index is 12.2. The number of hydrogen-bond acceptors (Lipinski definition) is 4. The molecule has 1 fully saturated rings. The van der Waals surface area contributed by atoms with E-state index in [0.29, 0.717) is 5.92 Å². The van der Waals surface area contributed by atoms with Crippen molar-refractivity contribution in [3.05, 3.63) is 65.9 Å². The van der Waals surface area contributed by atoms with E-state index in [1.54, 1.807) is 0 Å². The zero-order chi connectivity index (χ0) is 23.4. The van der Waals surface area contributed by atoms with E-state index in [1.165, 1.54) is 12.5 Å². The fourth-order valence-electron chi connectivity index (χ4n) is 4.21. The van der Waals surface area contributed by atoms with E-state index in [-0.39, 0.29) is 24.6 Å². The van der Waals surface area contributed by atoms with Crippen molar-refractivity contribution in [2.45, 2.75) is 32.4 Å². The number of fused-ring (bicyclic) bond motifs is 1. The quantitative estimate of drug-likeness (QED) is 0.630. The summed E-state index contributed by atoms with van der Waals surface area (Å²) in [5.41, 5.74) is 5.24. The van der Waals surface area contributed by atoms with Crippen LogP contribution in [0.15, 0.2) is 54.7 Å². The van der Waals surface area contributed by atoms with E-state index in [1.807, 2.05) is 62.6 Å². The molecule has 0 spiro atoms. The summed E-state index contributed by atoms with van der Waals surface area (Å²) in [4.78, 5) is 25.8. The van der Waals surface area contributed by atoms with Gasteiger partial charge < -0.3 is 20.3 Å². The molecule has 0 radical (unpaired) electrons. The van der Waals surface area contributed by atoms with E-state index in [4.69, 9.17) is 4.74 Å². The lowest BCUT2D eigenvalue weighted by Crippen LogP contribution is -2.44. The van der Waals surface area contributed by atoms with Gasteiger partial charge in [-0.3, -0.25) is 4.79 Å². The molecule has 7 heteroatoms. The predicted octanol–water partition coefficient (Wildman–Crippen LogP) is 3.98. The van der Waals surface area contributed by atoms with Gasteiger partial charge in [0, 0.05) is 30.3 Å². The number of alkyl carbamates (subject to hydrolysis) is 1. The normalized spacial score (nSPS) is 20.1. The highest BCUT2D eigenvalue weighted by molar-refractivity contribution is 5.91. The van der Waals surface area contributed by atoms with Crippen LogP contribution in [0, 0.1) is 5.92 Å². The van der Waals surface area contributed by atoms with Gasteiger partial charge in [-0.2, -0.15) is 4.58 Å². The van der Waals surface area contributed by atoms with Crippen LogP contribution < -0.4 is 10.6 Å². The molecule has 2 aromatic rings. The molecule has 33 heavy (non-hydrogen) atoms. The molecule has 4 rings (SSSR count). The van der Waals surface area contributed by atoms with Gasteiger partial charge in [-0.15, -0.1) is 0 Å². The highest BCUT2D eigenvalue weighted by Gasteiger charge is 2.39. The fourth-order valence-corrected chi connectivity index (χ4v) is 4.21. The summed E-state index contributed by atoms with van der Waals surface area (Å²) >= 11 is 0. The SMILES string of the molecule is CC(=O)Nc1ccc2c(c1)C([C@H]1C[C@H](NC(=O)OCc3ccccc3)C1)=C[N+]2=CCN(C)C. The molecule has 0 unspecified atom stereocenters. The number of carbonyl (C=O) groups is 2. The van der Waals surface area contributed by atoms with Crippen LogP contribution in [0.1, 0.15) is 30.9 Å². The molecular formula is C26H31N4O3+. The highest BCUT2D eigenvalue weighted by atomic mass is 16.5. The molecule has 1 heterocycles. The molecule has 1 saturated carbocycles. The number of nitrogens with zero attached hydrogens (tertiary/aromatic N) is 2. The van der Waals surface area contributed by atoms with Gasteiger partial charge in [0.25, 0.3) is 0 Å². The smallest absolute Gasteiger partial charge is 0.407 e. The number of carbonyl (C=O) groups excluding carboxylic acids is 2. The molecule has 7 nitrogen and oxygen atoms in total. The lowest BCUT2D eigenvalue weighted by Gasteiger charge is -2.35. The van der Waals surface area contributed by atoms with Crippen molar-refractivity contribution < 1.29 is 18.9 Å². The maximum absolute atomic E-state index is 12.2. The summed E-state index contributed by atoms with van der Waals surface area (Å²) in [7, 11) is 4.08. The number of nitrogens with one attached hydrogen (secondary N) is 2.